The first-order chi connectivity index (χ1) is 13.5. The van der Waals surface area contributed by atoms with E-state index in [9.17, 15) is 9.59 Å². The lowest BCUT2D eigenvalue weighted by atomic mass is 10.1. The molecule has 0 aliphatic carbocycles. The van der Waals surface area contributed by atoms with E-state index in [1.807, 2.05) is 44.2 Å². The van der Waals surface area contributed by atoms with Gasteiger partial charge in [0.05, 0.1) is 12.3 Å². The standard InChI is InChI=1S/C19H20N6O2S/c1-12-4-3-5-15(13(12)2)22-16(26)10-21-17(27)11-28-19-23-18(24-25-19)14-6-8-20-9-7-14/h3-9H,10-11H2,1-2H3,(H,21,27)(H,22,26)(H,23,24,25). The van der Waals surface area contributed by atoms with Crippen LogP contribution in [0, 0.1) is 13.8 Å². The zero-order chi connectivity index (χ0) is 19.9. The Labute approximate surface area is 166 Å². The Morgan fingerprint density at radius 3 is 2.68 bits per heavy atom. The van der Waals surface area contributed by atoms with Crippen LogP contribution in [0.3, 0.4) is 0 Å². The Morgan fingerprint density at radius 2 is 1.89 bits per heavy atom. The molecule has 9 heteroatoms. The van der Waals surface area contributed by atoms with Crippen molar-refractivity contribution < 1.29 is 9.59 Å². The summed E-state index contributed by atoms with van der Waals surface area (Å²) >= 11 is 1.19. The van der Waals surface area contributed by atoms with E-state index in [4.69, 9.17) is 0 Å². The van der Waals surface area contributed by atoms with Gasteiger partial charge in [-0.2, -0.15) is 0 Å². The molecule has 0 unspecified atom stereocenters. The maximum Gasteiger partial charge on any atom is 0.243 e. The SMILES string of the molecule is Cc1cccc(NC(=O)CNC(=O)CSc2n[nH]c(-c3ccncc3)n2)c1C. The third-order valence-electron chi connectivity index (χ3n) is 4.08. The first kappa shape index (κ1) is 19.6. The minimum absolute atomic E-state index is 0.0942. The van der Waals surface area contributed by atoms with Gasteiger partial charge in [-0.15, -0.1) is 5.10 Å². The number of nitrogens with zero attached hydrogens (tertiary/aromatic N) is 3. The molecule has 3 rings (SSSR count). The fraction of sp³-hybridized carbons (Fsp3) is 0.211. The first-order valence-corrected chi connectivity index (χ1v) is 9.60. The Hall–Kier alpha value is -3.20. The number of aromatic amines is 1. The molecule has 0 saturated heterocycles. The first-order valence-electron chi connectivity index (χ1n) is 8.61. The van der Waals surface area contributed by atoms with Crippen molar-refractivity contribution in [2.75, 3.05) is 17.6 Å². The van der Waals surface area contributed by atoms with Crippen molar-refractivity contribution in [3.05, 3.63) is 53.9 Å². The molecule has 8 nitrogen and oxygen atoms in total. The van der Waals surface area contributed by atoms with Crippen LogP contribution in [-0.4, -0.2) is 44.3 Å². The molecule has 1 aromatic carbocycles. The molecule has 0 saturated carbocycles. The maximum absolute atomic E-state index is 12.0. The lowest BCUT2D eigenvalue weighted by Crippen LogP contribution is -2.34. The highest BCUT2D eigenvalue weighted by molar-refractivity contribution is 7.99. The summed E-state index contributed by atoms with van der Waals surface area (Å²) in [6.07, 6.45) is 3.34. The van der Waals surface area contributed by atoms with E-state index in [0.29, 0.717) is 11.0 Å². The quantitative estimate of drug-likeness (QED) is 0.529. The van der Waals surface area contributed by atoms with Gasteiger partial charge in [0.15, 0.2) is 5.82 Å². The van der Waals surface area contributed by atoms with Gasteiger partial charge >= 0.3 is 0 Å². The zero-order valence-corrected chi connectivity index (χ0v) is 16.3. The molecule has 0 aliphatic heterocycles. The number of pyridine rings is 1. The second-order valence-electron chi connectivity index (χ2n) is 6.06. The maximum atomic E-state index is 12.0. The van der Waals surface area contributed by atoms with Gasteiger partial charge in [0.1, 0.15) is 0 Å². The van der Waals surface area contributed by atoms with Gasteiger partial charge in [0.2, 0.25) is 17.0 Å². The Morgan fingerprint density at radius 1 is 1.11 bits per heavy atom. The fourth-order valence-corrected chi connectivity index (χ4v) is 3.02. The molecule has 28 heavy (non-hydrogen) atoms. The number of aryl methyl sites for hydroxylation is 1. The second-order valence-corrected chi connectivity index (χ2v) is 7.01. The van der Waals surface area contributed by atoms with Crippen LogP contribution in [0.1, 0.15) is 11.1 Å². The van der Waals surface area contributed by atoms with Crippen LogP contribution in [0.25, 0.3) is 11.4 Å². The average molecular weight is 396 g/mol. The van der Waals surface area contributed by atoms with Crippen molar-refractivity contribution in [3.63, 3.8) is 0 Å². The molecule has 0 fully saturated rings. The minimum atomic E-state index is -0.273. The monoisotopic (exact) mass is 396 g/mol. The Kier molecular flexibility index (Phi) is 6.38. The number of carbonyl (C=O) groups is 2. The highest BCUT2D eigenvalue weighted by Gasteiger charge is 2.11. The van der Waals surface area contributed by atoms with Gasteiger partial charge in [-0.05, 0) is 43.2 Å². The van der Waals surface area contributed by atoms with E-state index in [2.05, 4.69) is 30.8 Å². The number of thioether (sulfide) groups is 1. The van der Waals surface area contributed by atoms with Crippen molar-refractivity contribution in [2.24, 2.45) is 0 Å². The van der Waals surface area contributed by atoms with E-state index in [1.165, 1.54) is 11.8 Å². The summed E-state index contributed by atoms with van der Waals surface area (Å²) in [4.78, 5) is 32.3. The molecule has 3 aromatic rings. The van der Waals surface area contributed by atoms with Crippen molar-refractivity contribution >= 4 is 29.3 Å². The minimum Gasteiger partial charge on any atom is -0.346 e. The summed E-state index contributed by atoms with van der Waals surface area (Å²) in [5, 5.41) is 12.8. The summed E-state index contributed by atoms with van der Waals surface area (Å²) in [5.41, 5.74) is 3.71. The van der Waals surface area contributed by atoms with E-state index in [-0.39, 0.29) is 24.1 Å². The molecule has 0 radical (unpaired) electrons. The molecule has 0 bridgehead atoms. The predicted octanol–water partition coefficient (Wildman–Crippen LogP) is 2.33. The molecule has 2 aromatic heterocycles. The summed E-state index contributed by atoms with van der Waals surface area (Å²) in [5.74, 6) is 0.184. The molecular formula is C19H20N6O2S. The number of carbonyl (C=O) groups excluding carboxylic acids is 2. The average Bonchev–Trinajstić information content (AvgIpc) is 3.18. The molecular weight excluding hydrogens is 376 g/mol. The second kappa shape index (κ2) is 9.14. The van der Waals surface area contributed by atoms with Gasteiger partial charge < -0.3 is 10.6 Å². The smallest absolute Gasteiger partial charge is 0.243 e. The number of benzene rings is 1. The highest BCUT2D eigenvalue weighted by atomic mass is 32.2. The number of rotatable bonds is 7. The van der Waals surface area contributed by atoms with E-state index in [0.717, 1.165) is 22.4 Å². The molecule has 0 aliphatic rings. The third-order valence-corrected chi connectivity index (χ3v) is 4.92. The largest absolute Gasteiger partial charge is 0.346 e. The molecule has 0 atom stereocenters. The van der Waals surface area contributed by atoms with E-state index >= 15 is 0 Å². The van der Waals surface area contributed by atoms with Gasteiger partial charge in [-0.1, -0.05) is 23.9 Å². The summed E-state index contributed by atoms with van der Waals surface area (Å²) in [7, 11) is 0. The summed E-state index contributed by atoms with van der Waals surface area (Å²) < 4.78 is 0. The van der Waals surface area contributed by atoms with Crippen LogP contribution in [0.2, 0.25) is 0 Å². The van der Waals surface area contributed by atoms with Crippen LogP contribution in [-0.2, 0) is 9.59 Å². The number of hydrogen-bond donors (Lipinski definition) is 3. The van der Waals surface area contributed by atoms with Gasteiger partial charge in [0.25, 0.3) is 0 Å². The molecule has 2 heterocycles. The Balaban J connectivity index is 1.44. The number of nitrogens with one attached hydrogen (secondary N) is 3. The normalized spacial score (nSPS) is 10.5. The fourth-order valence-electron chi connectivity index (χ4n) is 2.39. The third kappa shape index (κ3) is 5.17. The number of amides is 2. The van der Waals surface area contributed by atoms with Crippen molar-refractivity contribution in [3.8, 4) is 11.4 Å². The zero-order valence-electron chi connectivity index (χ0n) is 15.5. The molecule has 0 spiro atoms. The van der Waals surface area contributed by atoms with Gasteiger partial charge in [0, 0.05) is 23.6 Å². The highest BCUT2D eigenvalue weighted by Crippen LogP contribution is 2.19. The summed E-state index contributed by atoms with van der Waals surface area (Å²) in [6.45, 7) is 3.83. The van der Waals surface area contributed by atoms with Crippen LogP contribution in [0.5, 0.6) is 0 Å². The van der Waals surface area contributed by atoms with Crippen molar-refractivity contribution in [1.82, 2.24) is 25.5 Å². The summed E-state index contributed by atoms with van der Waals surface area (Å²) in [6, 6.07) is 9.32. The van der Waals surface area contributed by atoms with Crippen LogP contribution >= 0.6 is 11.8 Å². The van der Waals surface area contributed by atoms with Gasteiger partial charge in [-0.3, -0.25) is 19.7 Å². The predicted molar refractivity (Wildman–Crippen MR) is 108 cm³/mol. The lowest BCUT2D eigenvalue weighted by molar-refractivity contribution is -0.122. The lowest BCUT2D eigenvalue weighted by Gasteiger charge is -2.10. The Bertz CT molecular complexity index is 974. The number of aromatic nitrogens is 4. The van der Waals surface area contributed by atoms with Crippen LogP contribution < -0.4 is 10.6 Å². The number of hydrogen-bond acceptors (Lipinski definition) is 6. The molecule has 3 N–H and O–H groups in total. The van der Waals surface area contributed by atoms with Crippen LogP contribution in [0.4, 0.5) is 5.69 Å². The van der Waals surface area contributed by atoms with Crippen molar-refractivity contribution in [1.29, 1.82) is 0 Å². The van der Waals surface area contributed by atoms with Crippen molar-refractivity contribution in [2.45, 2.75) is 19.0 Å². The topological polar surface area (TPSA) is 113 Å². The van der Waals surface area contributed by atoms with Gasteiger partial charge in [-0.25, -0.2) is 4.98 Å². The number of H-pyrrole nitrogens is 1. The van der Waals surface area contributed by atoms with E-state index in [1.54, 1.807) is 12.4 Å². The molecule has 144 valence electrons. The molecule has 2 amide bonds. The van der Waals surface area contributed by atoms with Crippen LogP contribution in [0.15, 0.2) is 47.9 Å². The number of anilines is 1. The van der Waals surface area contributed by atoms with E-state index < -0.39 is 0 Å².